The van der Waals surface area contributed by atoms with Crippen LogP contribution in [0.3, 0.4) is 0 Å². The van der Waals surface area contributed by atoms with Crippen LogP contribution in [0.5, 0.6) is 0 Å². The number of fused-ring (bicyclic) bond motifs is 1. The lowest BCUT2D eigenvalue weighted by atomic mass is 10.2. The Morgan fingerprint density at radius 2 is 1.72 bits per heavy atom. The molecule has 1 fully saturated rings. The maximum absolute atomic E-state index is 13.3. The maximum atomic E-state index is 13.3. The second-order valence-electron chi connectivity index (χ2n) is 6.12. The van der Waals surface area contributed by atoms with E-state index in [1.54, 1.807) is 6.07 Å². The standard InChI is InChI=1S/C18H19FN6/c19-15-6-3-7-17(22-15)25-10-8-24(9-11-25)12-16-21-14-5-2-1-4-13(14)18(20)23-16/h1-7H,8-12H2,(H2,20,21,23). The van der Waals surface area contributed by atoms with Crippen molar-refractivity contribution in [2.75, 3.05) is 36.8 Å². The van der Waals surface area contributed by atoms with Crippen LogP contribution in [-0.4, -0.2) is 46.0 Å². The first kappa shape index (κ1) is 15.7. The van der Waals surface area contributed by atoms with Gasteiger partial charge in [-0.3, -0.25) is 4.90 Å². The molecular weight excluding hydrogens is 319 g/mol. The Labute approximate surface area is 145 Å². The lowest BCUT2D eigenvalue weighted by Gasteiger charge is -2.35. The molecule has 0 bridgehead atoms. The van der Waals surface area contributed by atoms with E-state index in [0.29, 0.717) is 18.2 Å². The smallest absolute Gasteiger partial charge is 0.214 e. The second-order valence-corrected chi connectivity index (χ2v) is 6.12. The SMILES string of the molecule is Nc1nc(CN2CCN(c3cccc(F)n3)CC2)nc2ccccc12. The molecule has 1 aliphatic rings. The van der Waals surface area contributed by atoms with E-state index in [0.717, 1.165) is 42.9 Å². The van der Waals surface area contributed by atoms with Crippen LogP contribution in [0.4, 0.5) is 16.0 Å². The Bertz CT molecular complexity index is 892. The van der Waals surface area contributed by atoms with Crippen LogP contribution >= 0.6 is 0 Å². The maximum Gasteiger partial charge on any atom is 0.214 e. The van der Waals surface area contributed by atoms with Gasteiger partial charge in [-0.05, 0) is 24.3 Å². The number of hydrogen-bond donors (Lipinski definition) is 1. The van der Waals surface area contributed by atoms with E-state index in [-0.39, 0.29) is 0 Å². The van der Waals surface area contributed by atoms with Crippen LogP contribution in [0.15, 0.2) is 42.5 Å². The molecule has 1 aromatic carbocycles. The first-order valence-corrected chi connectivity index (χ1v) is 8.30. The molecule has 3 aromatic rings. The summed E-state index contributed by atoms with van der Waals surface area (Å²) in [6.45, 7) is 3.92. The third kappa shape index (κ3) is 3.36. The highest BCUT2D eigenvalue weighted by Gasteiger charge is 2.19. The predicted molar refractivity (Wildman–Crippen MR) is 95.6 cm³/mol. The summed E-state index contributed by atoms with van der Waals surface area (Å²) in [7, 11) is 0. The zero-order valence-electron chi connectivity index (χ0n) is 13.8. The van der Waals surface area contributed by atoms with Gasteiger partial charge in [-0.1, -0.05) is 18.2 Å². The van der Waals surface area contributed by atoms with Crippen LogP contribution in [0.2, 0.25) is 0 Å². The molecule has 0 radical (unpaired) electrons. The van der Waals surface area contributed by atoms with Crippen LogP contribution < -0.4 is 10.6 Å². The van der Waals surface area contributed by atoms with E-state index in [9.17, 15) is 4.39 Å². The summed E-state index contributed by atoms with van der Waals surface area (Å²) in [6, 6.07) is 12.6. The van der Waals surface area contributed by atoms with Gasteiger partial charge < -0.3 is 10.6 Å². The fourth-order valence-electron chi connectivity index (χ4n) is 3.13. The predicted octanol–water partition coefficient (Wildman–Crippen LogP) is 2.07. The topological polar surface area (TPSA) is 71.2 Å². The molecule has 1 saturated heterocycles. The molecule has 0 amide bonds. The highest BCUT2D eigenvalue weighted by atomic mass is 19.1. The van der Waals surface area contributed by atoms with Crippen LogP contribution in [0.25, 0.3) is 10.9 Å². The summed E-state index contributed by atoms with van der Waals surface area (Å²) in [5, 5.41) is 0.883. The van der Waals surface area contributed by atoms with Crippen molar-refractivity contribution in [2.24, 2.45) is 0 Å². The van der Waals surface area contributed by atoms with Gasteiger partial charge in [0, 0.05) is 31.6 Å². The van der Waals surface area contributed by atoms with Crippen molar-refractivity contribution in [3.63, 3.8) is 0 Å². The Morgan fingerprint density at radius 1 is 0.920 bits per heavy atom. The van der Waals surface area contributed by atoms with Crippen molar-refractivity contribution in [3.8, 4) is 0 Å². The van der Waals surface area contributed by atoms with E-state index in [1.807, 2.05) is 30.3 Å². The van der Waals surface area contributed by atoms with Crippen molar-refractivity contribution in [3.05, 3.63) is 54.2 Å². The van der Waals surface area contributed by atoms with E-state index in [2.05, 4.69) is 24.8 Å². The van der Waals surface area contributed by atoms with Gasteiger partial charge >= 0.3 is 0 Å². The highest BCUT2D eigenvalue weighted by molar-refractivity contribution is 5.87. The molecule has 0 aliphatic carbocycles. The Morgan fingerprint density at radius 3 is 2.52 bits per heavy atom. The largest absolute Gasteiger partial charge is 0.383 e. The number of anilines is 2. The number of piperazine rings is 1. The number of rotatable bonds is 3. The van der Waals surface area contributed by atoms with Crippen LogP contribution in [-0.2, 0) is 6.54 Å². The normalized spacial score (nSPS) is 15.6. The van der Waals surface area contributed by atoms with Gasteiger partial charge in [-0.15, -0.1) is 0 Å². The molecule has 7 heteroatoms. The van der Waals surface area contributed by atoms with Gasteiger partial charge in [0.2, 0.25) is 5.95 Å². The number of pyridine rings is 1. The molecule has 0 saturated carbocycles. The average molecular weight is 338 g/mol. The van der Waals surface area contributed by atoms with Crippen LogP contribution in [0.1, 0.15) is 5.82 Å². The van der Waals surface area contributed by atoms with Crippen molar-refractivity contribution >= 4 is 22.5 Å². The molecule has 0 atom stereocenters. The fraction of sp³-hybridized carbons (Fsp3) is 0.278. The lowest BCUT2D eigenvalue weighted by Crippen LogP contribution is -2.46. The second kappa shape index (κ2) is 6.60. The number of halogens is 1. The highest BCUT2D eigenvalue weighted by Crippen LogP contribution is 2.19. The van der Waals surface area contributed by atoms with Gasteiger partial charge in [0.05, 0.1) is 12.1 Å². The third-order valence-corrected chi connectivity index (χ3v) is 4.44. The average Bonchev–Trinajstić information content (AvgIpc) is 2.62. The van der Waals surface area contributed by atoms with Crippen molar-refractivity contribution in [1.82, 2.24) is 19.9 Å². The minimum atomic E-state index is -0.444. The number of nitrogens with two attached hydrogens (primary N) is 1. The number of nitrogens with zero attached hydrogens (tertiary/aromatic N) is 5. The van der Waals surface area contributed by atoms with Gasteiger partial charge in [-0.25, -0.2) is 15.0 Å². The number of para-hydroxylation sites is 1. The molecule has 0 unspecified atom stereocenters. The molecule has 6 nitrogen and oxygen atoms in total. The Balaban J connectivity index is 1.43. The molecule has 2 N–H and O–H groups in total. The Hall–Kier alpha value is -2.80. The first-order valence-electron chi connectivity index (χ1n) is 8.30. The van der Waals surface area contributed by atoms with Crippen LogP contribution in [0, 0.1) is 5.95 Å². The number of aromatic nitrogens is 3. The molecule has 3 heterocycles. The summed E-state index contributed by atoms with van der Waals surface area (Å²) in [4.78, 5) is 17.4. The minimum Gasteiger partial charge on any atom is -0.383 e. The number of nitrogen functional groups attached to an aromatic ring is 1. The van der Waals surface area contributed by atoms with Crippen molar-refractivity contribution in [1.29, 1.82) is 0 Å². The monoisotopic (exact) mass is 338 g/mol. The third-order valence-electron chi connectivity index (χ3n) is 4.44. The van der Waals surface area contributed by atoms with Gasteiger partial charge in [0.25, 0.3) is 0 Å². The first-order chi connectivity index (χ1) is 12.2. The lowest BCUT2D eigenvalue weighted by molar-refractivity contribution is 0.243. The number of hydrogen-bond acceptors (Lipinski definition) is 6. The van der Waals surface area contributed by atoms with Gasteiger partial charge in [0.15, 0.2) is 0 Å². The summed E-state index contributed by atoms with van der Waals surface area (Å²) in [6.07, 6.45) is 0. The van der Waals surface area contributed by atoms with E-state index < -0.39 is 5.95 Å². The summed E-state index contributed by atoms with van der Waals surface area (Å²) >= 11 is 0. The molecule has 2 aromatic heterocycles. The van der Waals surface area contributed by atoms with Crippen molar-refractivity contribution in [2.45, 2.75) is 6.54 Å². The minimum absolute atomic E-state index is 0.444. The molecular formula is C18H19FN6. The van der Waals surface area contributed by atoms with Gasteiger partial charge in [0.1, 0.15) is 17.5 Å². The zero-order valence-corrected chi connectivity index (χ0v) is 13.8. The summed E-state index contributed by atoms with van der Waals surface area (Å²) in [5.74, 6) is 1.49. The zero-order chi connectivity index (χ0) is 17.2. The fourth-order valence-corrected chi connectivity index (χ4v) is 3.13. The number of benzene rings is 1. The molecule has 128 valence electrons. The quantitative estimate of drug-likeness (QED) is 0.737. The van der Waals surface area contributed by atoms with E-state index >= 15 is 0 Å². The molecule has 1 aliphatic heterocycles. The van der Waals surface area contributed by atoms with E-state index in [4.69, 9.17) is 5.73 Å². The molecule has 4 rings (SSSR count). The summed E-state index contributed by atoms with van der Waals surface area (Å²) in [5.41, 5.74) is 6.92. The van der Waals surface area contributed by atoms with Crippen molar-refractivity contribution < 1.29 is 4.39 Å². The Kier molecular flexibility index (Phi) is 4.15. The van der Waals surface area contributed by atoms with E-state index in [1.165, 1.54) is 6.07 Å². The van der Waals surface area contributed by atoms with Gasteiger partial charge in [-0.2, -0.15) is 4.39 Å². The molecule has 0 spiro atoms. The summed E-state index contributed by atoms with van der Waals surface area (Å²) < 4.78 is 13.3. The molecule has 25 heavy (non-hydrogen) atoms.